The van der Waals surface area contributed by atoms with Crippen LogP contribution in [0.4, 0.5) is 0 Å². The van der Waals surface area contributed by atoms with Gasteiger partial charge < -0.3 is 20.9 Å². The Kier molecular flexibility index (Phi) is 3.46. The molecule has 0 aliphatic heterocycles. The quantitative estimate of drug-likeness (QED) is 0.482. The van der Waals surface area contributed by atoms with Crippen molar-refractivity contribution >= 4 is 18.6 Å². The zero-order valence-electron chi connectivity index (χ0n) is 8.21. The molecule has 1 rings (SSSR count). The van der Waals surface area contributed by atoms with E-state index < -0.39 is 13.1 Å². The third-order valence-corrected chi connectivity index (χ3v) is 2.10. The molecule has 0 aromatic heterocycles. The van der Waals surface area contributed by atoms with E-state index in [9.17, 15) is 4.79 Å². The molecule has 0 aliphatic carbocycles. The van der Waals surface area contributed by atoms with Gasteiger partial charge in [-0.05, 0) is 30.1 Å². The summed E-state index contributed by atoms with van der Waals surface area (Å²) in [4.78, 5) is 10.7. The second-order valence-corrected chi connectivity index (χ2v) is 3.31. The molecule has 5 nitrogen and oxygen atoms in total. The number of aromatic carboxylic acids is 1. The van der Waals surface area contributed by atoms with Crippen LogP contribution >= 0.6 is 0 Å². The first-order valence-corrected chi connectivity index (χ1v) is 4.42. The van der Waals surface area contributed by atoms with E-state index >= 15 is 0 Å². The first kappa shape index (κ1) is 11.7. The number of hydrogen-bond acceptors (Lipinski definition) is 4. The van der Waals surface area contributed by atoms with Crippen LogP contribution in [0.3, 0.4) is 0 Å². The summed E-state index contributed by atoms with van der Waals surface area (Å²) in [5.74, 6) is -1.12. The Hall–Kier alpha value is -1.37. The highest BCUT2D eigenvalue weighted by Gasteiger charge is 2.19. The van der Waals surface area contributed by atoms with Gasteiger partial charge in [0.05, 0.1) is 5.56 Å². The van der Waals surface area contributed by atoms with Crippen molar-refractivity contribution in [1.82, 2.24) is 0 Å². The Bertz CT molecular complexity index is 378. The van der Waals surface area contributed by atoms with E-state index in [2.05, 4.69) is 0 Å². The molecule has 1 aromatic carbocycles. The molecule has 1 unspecified atom stereocenters. The molecule has 1 atom stereocenters. The summed E-state index contributed by atoms with van der Waals surface area (Å²) in [5.41, 5.74) is 6.26. The van der Waals surface area contributed by atoms with Gasteiger partial charge in [0.1, 0.15) is 0 Å². The fourth-order valence-electron chi connectivity index (χ4n) is 1.35. The van der Waals surface area contributed by atoms with E-state index in [0.717, 1.165) is 0 Å². The minimum atomic E-state index is -1.72. The smallest absolute Gasteiger partial charge is 0.478 e. The van der Waals surface area contributed by atoms with E-state index in [0.29, 0.717) is 5.56 Å². The lowest BCUT2D eigenvalue weighted by atomic mass is 9.75. The molecule has 5 N–H and O–H groups in total. The van der Waals surface area contributed by atoms with Crippen molar-refractivity contribution in [3.63, 3.8) is 0 Å². The van der Waals surface area contributed by atoms with Gasteiger partial charge in [-0.25, -0.2) is 4.79 Å². The normalized spacial score (nSPS) is 12.3. The molecule has 0 amide bonds. The molecular formula is C9H12BNO4. The highest BCUT2D eigenvalue weighted by atomic mass is 16.4. The van der Waals surface area contributed by atoms with Gasteiger partial charge in [-0.1, -0.05) is 6.07 Å². The van der Waals surface area contributed by atoms with Crippen molar-refractivity contribution in [3.05, 3.63) is 29.3 Å². The molecule has 0 saturated carbocycles. The van der Waals surface area contributed by atoms with Gasteiger partial charge in [0.2, 0.25) is 0 Å². The Morgan fingerprint density at radius 1 is 1.47 bits per heavy atom. The van der Waals surface area contributed by atoms with Gasteiger partial charge in [0.15, 0.2) is 0 Å². The van der Waals surface area contributed by atoms with Crippen LogP contribution in [-0.4, -0.2) is 28.2 Å². The van der Waals surface area contributed by atoms with Crippen LogP contribution < -0.4 is 11.2 Å². The topological polar surface area (TPSA) is 104 Å². The standard InChI is InChI=1S/C9H12BNO4/c1-5(11)7-3-2-6(9(12)13)4-8(7)10(14)15/h2-5,14-15H,11H2,1H3,(H,12,13). The van der Waals surface area contributed by atoms with E-state index in [4.69, 9.17) is 20.9 Å². The highest BCUT2D eigenvalue weighted by molar-refractivity contribution is 6.59. The van der Waals surface area contributed by atoms with Crippen molar-refractivity contribution in [3.8, 4) is 0 Å². The first-order chi connectivity index (χ1) is 6.93. The second-order valence-electron chi connectivity index (χ2n) is 3.31. The van der Waals surface area contributed by atoms with E-state index in [1.54, 1.807) is 6.92 Å². The number of carbonyl (C=O) groups is 1. The SMILES string of the molecule is CC(N)c1ccc(C(=O)O)cc1B(O)O. The van der Waals surface area contributed by atoms with Crippen molar-refractivity contribution < 1.29 is 19.9 Å². The minimum absolute atomic E-state index is 0.00231. The summed E-state index contributed by atoms with van der Waals surface area (Å²) < 4.78 is 0. The predicted molar refractivity (Wildman–Crippen MR) is 55.8 cm³/mol. The van der Waals surface area contributed by atoms with Gasteiger partial charge in [0.25, 0.3) is 0 Å². The van der Waals surface area contributed by atoms with E-state index in [1.807, 2.05) is 0 Å². The summed E-state index contributed by atoms with van der Waals surface area (Å²) in [6.45, 7) is 1.68. The summed E-state index contributed by atoms with van der Waals surface area (Å²) >= 11 is 0. The number of nitrogens with two attached hydrogens (primary N) is 1. The Labute approximate surface area is 87.3 Å². The molecule has 1 aromatic rings. The van der Waals surface area contributed by atoms with Gasteiger partial charge in [-0.15, -0.1) is 0 Å². The Morgan fingerprint density at radius 3 is 2.47 bits per heavy atom. The summed E-state index contributed by atoms with van der Waals surface area (Å²) in [6.07, 6.45) is 0. The molecule has 0 spiro atoms. The van der Waals surface area contributed by atoms with Crippen LogP contribution in [0.1, 0.15) is 28.9 Å². The maximum absolute atomic E-state index is 10.7. The van der Waals surface area contributed by atoms with Crippen molar-refractivity contribution in [2.24, 2.45) is 5.73 Å². The highest BCUT2D eigenvalue weighted by Crippen LogP contribution is 2.09. The molecule has 6 heteroatoms. The van der Waals surface area contributed by atoms with Crippen LogP contribution in [0.2, 0.25) is 0 Å². The molecule has 15 heavy (non-hydrogen) atoms. The largest absolute Gasteiger partial charge is 0.488 e. The van der Waals surface area contributed by atoms with E-state index in [1.165, 1.54) is 18.2 Å². The lowest BCUT2D eigenvalue weighted by Crippen LogP contribution is -2.35. The number of hydrogen-bond donors (Lipinski definition) is 4. The fourth-order valence-corrected chi connectivity index (χ4v) is 1.35. The second kappa shape index (κ2) is 4.44. The molecule has 0 aliphatic rings. The fraction of sp³-hybridized carbons (Fsp3) is 0.222. The molecular weight excluding hydrogens is 197 g/mol. The maximum Gasteiger partial charge on any atom is 0.488 e. The maximum atomic E-state index is 10.7. The molecule has 0 saturated heterocycles. The third kappa shape index (κ3) is 2.56. The van der Waals surface area contributed by atoms with Crippen LogP contribution in [0.15, 0.2) is 18.2 Å². The van der Waals surface area contributed by atoms with Gasteiger partial charge in [0, 0.05) is 6.04 Å². The molecule has 0 radical (unpaired) electrons. The minimum Gasteiger partial charge on any atom is -0.478 e. The Morgan fingerprint density at radius 2 is 2.07 bits per heavy atom. The van der Waals surface area contributed by atoms with Gasteiger partial charge in [-0.3, -0.25) is 0 Å². The first-order valence-electron chi connectivity index (χ1n) is 4.42. The zero-order valence-corrected chi connectivity index (χ0v) is 8.21. The average Bonchev–Trinajstić information content (AvgIpc) is 2.16. The predicted octanol–water partition coefficient (Wildman–Crippen LogP) is -0.916. The number of carboxylic acids is 1. The summed E-state index contributed by atoms with van der Waals surface area (Å²) in [6, 6.07) is 3.70. The zero-order chi connectivity index (χ0) is 11.6. The molecule has 0 bridgehead atoms. The monoisotopic (exact) mass is 209 g/mol. The molecule has 0 heterocycles. The number of benzene rings is 1. The van der Waals surface area contributed by atoms with Crippen LogP contribution in [-0.2, 0) is 0 Å². The number of carboxylic acid groups (broad SMARTS) is 1. The van der Waals surface area contributed by atoms with Gasteiger partial charge in [-0.2, -0.15) is 0 Å². The lowest BCUT2D eigenvalue weighted by Gasteiger charge is -2.12. The van der Waals surface area contributed by atoms with Crippen LogP contribution in [0, 0.1) is 0 Å². The average molecular weight is 209 g/mol. The van der Waals surface area contributed by atoms with E-state index in [-0.39, 0.29) is 17.1 Å². The number of rotatable bonds is 3. The molecule has 80 valence electrons. The van der Waals surface area contributed by atoms with Crippen LogP contribution in [0.5, 0.6) is 0 Å². The summed E-state index contributed by atoms with van der Waals surface area (Å²) in [5, 5.41) is 26.9. The van der Waals surface area contributed by atoms with Crippen molar-refractivity contribution in [2.45, 2.75) is 13.0 Å². The molecule has 0 fully saturated rings. The third-order valence-electron chi connectivity index (χ3n) is 2.10. The van der Waals surface area contributed by atoms with Crippen molar-refractivity contribution in [1.29, 1.82) is 0 Å². The lowest BCUT2D eigenvalue weighted by molar-refractivity contribution is 0.0697. The van der Waals surface area contributed by atoms with Gasteiger partial charge >= 0.3 is 13.1 Å². The van der Waals surface area contributed by atoms with Crippen LogP contribution in [0.25, 0.3) is 0 Å². The Balaban J connectivity index is 3.27. The van der Waals surface area contributed by atoms with Crippen molar-refractivity contribution in [2.75, 3.05) is 0 Å². The summed E-state index contributed by atoms with van der Waals surface area (Å²) in [7, 11) is -1.72.